The van der Waals surface area contributed by atoms with Gasteiger partial charge in [-0.25, -0.2) is 0 Å². The fourth-order valence-electron chi connectivity index (χ4n) is 4.31. The van der Waals surface area contributed by atoms with Gasteiger partial charge in [0.2, 0.25) is 5.75 Å². The molecule has 1 heterocycles. The maximum Gasteiger partial charge on any atom is 0.254 e. The minimum atomic E-state index is -0.0461. The van der Waals surface area contributed by atoms with E-state index in [1.807, 2.05) is 95.9 Å². The van der Waals surface area contributed by atoms with Crippen molar-refractivity contribution < 1.29 is 19.0 Å². The number of carbonyl (C=O) groups is 1. The molecule has 4 aromatic carbocycles. The third-order valence-corrected chi connectivity index (χ3v) is 6.37. The number of amides is 1. The molecule has 0 bridgehead atoms. The van der Waals surface area contributed by atoms with Crippen molar-refractivity contribution in [1.29, 1.82) is 0 Å². The lowest BCUT2D eigenvalue weighted by Crippen LogP contribution is -2.46. The van der Waals surface area contributed by atoms with Gasteiger partial charge in [-0.2, -0.15) is 0 Å². The lowest BCUT2D eigenvalue weighted by molar-refractivity contribution is 0.0734. The van der Waals surface area contributed by atoms with Crippen LogP contribution in [0.1, 0.15) is 27.0 Å². The van der Waals surface area contributed by atoms with E-state index in [2.05, 4.69) is 5.32 Å². The summed E-state index contributed by atoms with van der Waals surface area (Å²) in [6.45, 7) is 3.89. The van der Waals surface area contributed by atoms with Crippen LogP contribution in [-0.4, -0.2) is 37.0 Å². The average molecular weight is 509 g/mol. The van der Waals surface area contributed by atoms with Crippen LogP contribution >= 0.6 is 0 Å². The smallest absolute Gasteiger partial charge is 0.254 e. The number of nitrogens with zero attached hydrogens (tertiary/aromatic N) is 1. The van der Waals surface area contributed by atoms with Crippen LogP contribution in [0.5, 0.6) is 17.2 Å². The second-order valence-corrected chi connectivity index (χ2v) is 9.17. The van der Waals surface area contributed by atoms with Crippen LogP contribution in [0.2, 0.25) is 0 Å². The van der Waals surface area contributed by atoms with Gasteiger partial charge in [0, 0.05) is 31.7 Å². The number of benzene rings is 4. The molecule has 0 saturated carbocycles. The van der Waals surface area contributed by atoms with Crippen molar-refractivity contribution in [2.24, 2.45) is 0 Å². The number of hydrogen-bond acceptors (Lipinski definition) is 5. The molecule has 5 rings (SSSR count). The van der Waals surface area contributed by atoms with Gasteiger partial charge in [-0.3, -0.25) is 4.79 Å². The molecule has 1 saturated heterocycles. The third kappa shape index (κ3) is 6.72. The number of carbonyl (C=O) groups excluding carboxylic acids is 1. The van der Waals surface area contributed by atoms with E-state index in [9.17, 15) is 4.79 Å². The highest BCUT2D eigenvalue weighted by molar-refractivity contribution is 5.95. The van der Waals surface area contributed by atoms with E-state index < -0.39 is 0 Å². The summed E-state index contributed by atoms with van der Waals surface area (Å²) in [5.41, 5.74) is 3.58. The Morgan fingerprint density at radius 3 is 1.50 bits per heavy atom. The lowest BCUT2D eigenvalue weighted by atomic mass is 10.1. The number of rotatable bonds is 10. The molecule has 38 heavy (non-hydrogen) atoms. The van der Waals surface area contributed by atoms with Crippen molar-refractivity contribution >= 4 is 5.91 Å². The van der Waals surface area contributed by atoms with Gasteiger partial charge in [0.15, 0.2) is 11.5 Å². The van der Waals surface area contributed by atoms with Crippen LogP contribution in [0.15, 0.2) is 103 Å². The fourth-order valence-corrected chi connectivity index (χ4v) is 4.31. The molecule has 0 spiro atoms. The van der Waals surface area contributed by atoms with Gasteiger partial charge < -0.3 is 24.4 Å². The first kappa shape index (κ1) is 25.4. The maximum absolute atomic E-state index is 13.5. The molecule has 1 amide bonds. The summed E-state index contributed by atoms with van der Waals surface area (Å²) >= 11 is 0. The number of nitrogens with one attached hydrogen (secondary N) is 1. The van der Waals surface area contributed by atoms with E-state index in [0.29, 0.717) is 55.7 Å². The zero-order valence-corrected chi connectivity index (χ0v) is 21.3. The van der Waals surface area contributed by atoms with Crippen molar-refractivity contribution in [2.75, 3.05) is 26.2 Å². The Bertz CT molecular complexity index is 1240. The molecule has 1 aliphatic heterocycles. The van der Waals surface area contributed by atoms with Crippen LogP contribution in [0.4, 0.5) is 0 Å². The summed E-state index contributed by atoms with van der Waals surface area (Å²) in [5, 5.41) is 3.30. The summed E-state index contributed by atoms with van der Waals surface area (Å²) in [6.07, 6.45) is 0. The standard InChI is InChI=1S/C32H32N2O4/c35-32(34-18-16-33-17-19-34)28-20-29(36-22-25-10-4-1-5-11-25)31(38-24-27-14-8-3-9-15-27)30(21-28)37-23-26-12-6-2-7-13-26/h1-15,20-21,33H,16-19,22-24H2. The maximum atomic E-state index is 13.5. The molecular formula is C32H32N2O4. The lowest BCUT2D eigenvalue weighted by Gasteiger charge is -2.28. The second-order valence-electron chi connectivity index (χ2n) is 9.17. The van der Waals surface area contributed by atoms with Crippen molar-refractivity contribution in [3.63, 3.8) is 0 Å². The molecule has 194 valence electrons. The number of ether oxygens (including phenoxy) is 3. The normalized spacial score (nSPS) is 13.1. The molecule has 0 aromatic heterocycles. The Hall–Kier alpha value is -4.29. The van der Waals surface area contributed by atoms with E-state index in [4.69, 9.17) is 14.2 Å². The summed E-state index contributed by atoms with van der Waals surface area (Å²) in [5.74, 6) is 1.40. The summed E-state index contributed by atoms with van der Waals surface area (Å²) in [4.78, 5) is 15.3. The highest BCUT2D eigenvalue weighted by Gasteiger charge is 2.23. The Kier molecular flexibility index (Phi) is 8.54. The Labute approximate surface area is 223 Å². The van der Waals surface area contributed by atoms with Crippen molar-refractivity contribution in [3.8, 4) is 17.2 Å². The monoisotopic (exact) mass is 508 g/mol. The SMILES string of the molecule is O=C(c1cc(OCc2ccccc2)c(OCc2ccccc2)c(OCc2ccccc2)c1)N1CCNCC1. The third-order valence-electron chi connectivity index (χ3n) is 6.37. The van der Waals surface area contributed by atoms with Gasteiger partial charge in [0.1, 0.15) is 19.8 Å². The van der Waals surface area contributed by atoms with Gasteiger partial charge >= 0.3 is 0 Å². The molecule has 1 N–H and O–H groups in total. The zero-order valence-electron chi connectivity index (χ0n) is 21.3. The Balaban J connectivity index is 1.49. The molecule has 0 radical (unpaired) electrons. The molecule has 0 atom stereocenters. The topological polar surface area (TPSA) is 60.0 Å². The van der Waals surface area contributed by atoms with Crippen molar-refractivity contribution in [1.82, 2.24) is 10.2 Å². The summed E-state index contributed by atoms with van der Waals surface area (Å²) < 4.78 is 18.9. The summed E-state index contributed by atoms with van der Waals surface area (Å²) in [7, 11) is 0. The van der Waals surface area contributed by atoms with Gasteiger partial charge in [-0.05, 0) is 28.8 Å². The van der Waals surface area contributed by atoms with E-state index in [-0.39, 0.29) is 5.91 Å². The first-order chi connectivity index (χ1) is 18.8. The molecule has 1 aliphatic rings. The molecule has 4 aromatic rings. The number of piperazine rings is 1. The van der Waals surface area contributed by atoms with Crippen LogP contribution in [0.3, 0.4) is 0 Å². The molecular weight excluding hydrogens is 476 g/mol. The van der Waals surface area contributed by atoms with E-state index in [1.54, 1.807) is 12.1 Å². The highest BCUT2D eigenvalue weighted by atomic mass is 16.5. The van der Waals surface area contributed by atoms with Crippen molar-refractivity contribution in [3.05, 3.63) is 125 Å². The van der Waals surface area contributed by atoms with E-state index in [1.165, 1.54) is 0 Å². The predicted molar refractivity (Wildman–Crippen MR) is 148 cm³/mol. The largest absolute Gasteiger partial charge is 0.485 e. The Morgan fingerprint density at radius 1 is 0.632 bits per heavy atom. The van der Waals surface area contributed by atoms with Crippen LogP contribution in [0, 0.1) is 0 Å². The van der Waals surface area contributed by atoms with Gasteiger partial charge in [0.05, 0.1) is 0 Å². The minimum absolute atomic E-state index is 0.0461. The van der Waals surface area contributed by atoms with Crippen LogP contribution in [-0.2, 0) is 19.8 Å². The van der Waals surface area contributed by atoms with Crippen molar-refractivity contribution in [2.45, 2.75) is 19.8 Å². The fraction of sp³-hybridized carbons (Fsp3) is 0.219. The molecule has 0 unspecified atom stereocenters. The first-order valence-corrected chi connectivity index (χ1v) is 12.9. The summed E-state index contributed by atoms with van der Waals surface area (Å²) in [6, 6.07) is 33.4. The first-order valence-electron chi connectivity index (χ1n) is 12.9. The number of hydrogen-bond donors (Lipinski definition) is 1. The zero-order chi connectivity index (χ0) is 26.0. The molecule has 6 nitrogen and oxygen atoms in total. The van der Waals surface area contributed by atoms with E-state index >= 15 is 0 Å². The van der Waals surface area contributed by atoms with E-state index in [0.717, 1.165) is 29.8 Å². The average Bonchev–Trinajstić information content (AvgIpc) is 2.99. The molecule has 0 aliphatic carbocycles. The second kappa shape index (κ2) is 12.8. The van der Waals surface area contributed by atoms with Crippen LogP contribution in [0.25, 0.3) is 0 Å². The van der Waals surface area contributed by atoms with Gasteiger partial charge in [-0.1, -0.05) is 91.0 Å². The molecule has 6 heteroatoms. The quantitative estimate of drug-likeness (QED) is 0.308. The molecule has 1 fully saturated rings. The predicted octanol–water partition coefficient (Wildman–Crippen LogP) is 5.47. The highest BCUT2D eigenvalue weighted by Crippen LogP contribution is 2.41. The van der Waals surface area contributed by atoms with Crippen LogP contribution < -0.4 is 19.5 Å². The Morgan fingerprint density at radius 2 is 1.05 bits per heavy atom. The van der Waals surface area contributed by atoms with Gasteiger partial charge in [0.25, 0.3) is 5.91 Å². The minimum Gasteiger partial charge on any atom is -0.485 e. The van der Waals surface area contributed by atoms with Gasteiger partial charge in [-0.15, -0.1) is 0 Å².